The van der Waals surface area contributed by atoms with E-state index in [2.05, 4.69) is 16.0 Å². The monoisotopic (exact) mass is 497 g/mol. The van der Waals surface area contributed by atoms with Crippen molar-refractivity contribution in [3.63, 3.8) is 0 Å². The fourth-order valence-corrected chi connectivity index (χ4v) is 3.29. The lowest BCUT2D eigenvalue weighted by atomic mass is 10.0. The van der Waals surface area contributed by atoms with Gasteiger partial charge in [-0.3, -0.25) is 19.2 Å². The van der Waals surface area contributed by atoms with Crippen LogP contribution in [0.15, 0.2) is 24.3 Å². The Morgan fingerprint density at radius 3 is 2.21 bits per heavy atom. The molecule has 4 amide bonds. The maximum atomic E-state index is 12.7. The molecule has 0 spiro atoms. The lowest BCUT2D eigenvalue weighted by Crippen LogP contribution is -2.54. The van der Waals surface area contributed by atoms with Gasteiger partial charge >= 0.3 is 5.97 Å². The van der Waals surface area contributed by atoms with E-state index in [0.717, 1.165) is 0 Å². The van der Waals surface area contributed by atoms with Gasteiger partial charge in [-0.25, -0.2) is 4.79 Å². The van der Waals surface area contributed by atoms with Gasteiger partial charge in [-0.2, -0.15) is 11.8 Å². The molecule has 3 atom stereocenters. The van der Waals surface area contributed by atoms with E-state index in [1.54, 1.807) is 12.1 Å². The van der Waals surface area contributed by atoms with Crippen LogP contribution in [0.25, 0.3) is 0 Å². The molecule has 188 valence electrons. The number of phenolic OH excluding ortho intramolecular Hbond substituents is 1. The smallest absolute Gasteiger partial charge is 0.326 e. The SMILES string of the molecule is CSCCC(NC(=O)CNC(=O)C(N)CCC(N)=O)C(=O)NC(Cc1ccc(O)cc1)C(=O)O. The number of nitrogens with two attached hydrogens (primary N) is 2. The highest BCUT2D eigenvalue weighted by atomic mass is 32.2. The first-order valence-electron chi connectivity index (χ1n) is 10.4. The van der Waals surface area contributed by atoms with Crippen molar-refractivity contribution in [3.8, 4) is 5.75 Å². The molecule has 1 aromatic carbocycles. The van der Waals surface area contributed by atoms with Crippen molar-refractivity contribution in [2.75, 3.05) is 18.6 Å². The zero-order valence-electron chi connectivity index (χ0n) is 18.8. The Kier molecular flexibility index (Phi) is 12.5. The quantitative estimate of drug-likeness (QED) is 0.149. The number of rotatable bonds is 15. The van der Waals surface area contributed by atoms with Crippen LogP contribution in [0.1, 0.15) is 24.8 Å². The molecule has 3 unspecified atom stereocenters. The molecule has 0 heterocycles. The standard InChI is InChI=1S/C21H31N5O7S/c1-34-9-8-15(25-18(29)11-24-19(30)14(22)6-7-17(23)28)20(31)26-16(21(32)33)10-12-2-4-13(27)5-3-12/h2-5,14-16,27H,6-11,22H2,1H3,(H2,23,28)(H,24,30)(H,25,29)(H,26,31)(H,32,33). The summed E-state index contributed by atoms with van der Waals surface area (Å²) in [6.45, 7) is -0.456. The summed E-state index contributed by atoms with van der Waals surface area (Å²) in [5.74, 6) is -3.32. The molecule has 0 aliphatic heterocycles. The summed E-state index contributed by atoms with van der Waals surface area (Å²) < 4.78 is 0. The van der Waals surface area contributed by atoms with Gasteiger partial charge in [0.1, 0.15) is 17.8 Å². The largest absolute Gasteiger partial charge is 0.508 e. The minimum Gasteiger partial charge on any atom is -0.508 e. The second kappa shape index (κ2) is 14.8. The molecule has 0 fully saturated rings. The van der Waals surface area contributed by atoms with Crippen LogP contribution in [0.3, 0.4) is 0 Å². The molecule has 0 aromatic heterocycles. The van der Waals surface area contributed by atoms with Crippen molar-refractivity contribution in [1.82, 2.24) is 16.0 Å². The van der Waals surface area contributed by atoms with Crippen LogP contribution in [-0.4, -0.2) is 76.5 Å². The number of phenols is 1. The first-order chi connectivity index (χ1) is 16.0. The number of hydrogen-bond donors (Lipinski definition) is 7. The number of benzene rings is 1. The summed E-state index contributed by atoms with van der Waals surface area (Å²) in [6, 6.07) is 2.60. The van der Waals surface area contributed by atoms with Gasteiger partial charge in [0, 0.05) is 12.8 Å². The minimum atomic E-state index is -1.26. The molecule has 0 radical (unpaired) electrons. The zero-order chi connectivity index (χ0) is 25.7. The number of carboxylic acid groups (broad SMARTS) is 1. The van der Waals surface area contributed by atoms with Gasteiger partial charge in [-0.05, 0) is 42.5 Å². The van der Waals surface area contributed by atoms with E-state index in [1.165, 1.54) is 23.9 Å². The highest BCUT2D eigenvalue weighted by Crippen LogP contribution is 2.12. The molecule has 1 rings (SSSR count). The Bertz CT molecular complexity index is 866. The highest BCUT2D eigenvalue weighted by Gasteiger charge is 2.27. The van der Waals surface area contributed by atoms with E-state index in [1.807, 2.05) is 6.26 Å². The second-order valence-electron chi connectivity index (χ2n) is 7.50. The Labute approximate surface area is 201 Å². The molecular formula is C21H31N5O7S. The summed E-state index contributed by atoms with van der Waals surface area (Å²) in [7, 11) is 0. The van der Waals surface area contributed by atoms with Crippen molar-refractivity contribution in [1.29, 1.82) is 0 Å². The summed E-state index contributed by atoms with van der Waals surface area (Å²) in [4.78, 5) is 59.4. The van der Waals surface area contributed by atoms with Crippen LogP contribution in [0.5, 0.6) is 5.75 Å². The fraction of sp³-hybridized carbons (Fsp3) is 0.476. The predicted octanol–water partition coefficient (Wildman–Crippen LogP) is -1.55. The van der Waals surface area contributed by atoms with Crippen molar-refractivity contribution in [2.24, 2.45) is 11.5 Å². The number of carbonyl (C=O) groups excluding carboxylic acids is 4. The zero-order valence-corrected chi connectivity index (χ0v) is 19.6. The van der Waals surface area contributed by atoms with Crippen LogP contribution < -0.4 is 27.4 Å². The maximum Gasteiger partial charge on any atom is 0.326 e. The van der Waals surface area contributed by atoms with Gasteiger partial charge in [0.2, 0.25) is 23.6 Å². The van der Waals surface area contributed by atoms with Gasteiger partial charge in [-0.15, -0.1) is 0 Å². The summed E-state index contributed by atoms with van der Waals surface area (Å²) in [6.07, 6.45) is 1.97. The number of primary amides is 1. The average Bonchev–Trinajstić information content (AvgIpc) is 2.79. The van der Waals surface area contributed by atoms with E-state index < -0.39 is 54.3 Å². The third-order valence-corrected chi connectivity index (χ3v) is 5.36. The third kappa shape index (κ3) is 11.0. The van der Waals surface area contributed by atoms with E-state index in [-0.39, 0.29) is 31.4 Å². The lowest BCUT2D eigenvalue weighted by molar-refractivity contribution is -0.142. The van der Waals surface area contributed by atoms with Crippen LogP contribution >= 0.6 is 11.8 Å². The molecule has 0 aliphatic carbocycles. The van der Waals surface area contributed by atoms with Gasteiger partial charge < -0.3 is 37.6 Å². The summed E-state index contributed by atoms with van der Waals surface area (Å²) in [5.41, 5.74) is 11.2. The van der Waals surface area contributed by atoms with E-state index >= 15 is 0 Å². The van der Waals surface area contributed by atoms with Gasteiger partial charge in [0.25, 0.3) is 0 Å². The average molecular weight is 498 g/mol. The predicted molar refractivity (Wildman–Crippen MR) is 126 cm³/mol. The highest BCUT2D eigenvalue weighted by molar-refractivity contribution is 7.98. The van der Waals surface area contributed by atoms with Crippen molar-refractivity contribution in [2.45, 2.75) is 43.8 Å². The number of nitrogens with one attached hydrogen (secondary N) is 3. The Morgan fingerprint density at radius 2 is 1.65 bits per heavy atom. The number of aliphatic carboxylic acids is 1. The number of amides is 4. The van der Waals surface area contributed by atoms with Crippen LogP contribution in [0.2, 0.25) is 0 Å². The Hall–Kier alpha value is -3.32. The van der Waals surface area contributed by atoms with E-state index in [4.69, 9.17) is 11.5 Å². The second-order valence-corrected chi connectivity index (χ2v) is 8.49. The van der Waals surface area contributed by atoms with Gasteiger partial charge in [-0.1, -0.05) is 12.1 Å². The fourth-order valence-electron chi connectivity index (χ4n) is 2.82. The lowest BCUT2D eigenvalue weighted by Gasteiger charge is -2.22. The molecule has 34 heavy (non-hydrogen) atoms. The normalized spacial score (nSPS) is 13.2. The van der Waals surface area contributed by atoms with Gasteiger partial charge in [0.15, 0.2) is 0 Å². The Balaban J connectivity index is 2.70. The molecule has 13 heteroatoms. The van der Waals surface area contributed by atoms with Crippen LogP contribution in [0, 0.1) is 0 Å². The van der Waals surface area contributed by atoms with E-state index in [0.29, 0.717) is 11.3 Å². The molecule has 9 N–H and O–H groups in total. The number of carbonyl (C=O) groups is 5. The third-order valence-electron chi connectivity index (χ3n) is 4.71. The molecule has 12 nitrogen and oxygen atoms in total. The molecule has 0 saturated heterocycles. The number of aromatic hydroxyl groups is 1. The summed E-state index contributed by atoms with van der Waals surface area (Å²) in [5, 5.41) is 26.1. The van der Waals surface area contributed by atoms with Crippen molar-refractivity contribution >= 4 is 41.4 Å². The molecular weight excluding hydrogens is 466 g/mol. The van der Waals surface area contributed by atoms with Crippen molar-refractivity contribution in [3.05, 3.63) is 29.8 Å². The molecule has 1 aromatic rings. The number of carboxylic acids is 1. The minimum absolute atomic E-state index is 0.0240. The van der Waals surface area contributed by atoms with Crippen LogP contribution in [-0.2, 0) is 30.4 Å². The Morgan fingerprint density at radius 1 is 1.00 bits per heavy atom. The van der Waals surface area contributed by atoms with Crippen LogP contribution in [0.4, 0.5) is 0 Å². The maximum absolute atomic E-state index is 12.7. The molecule has 0 saturated carbocycles. The van der Waals surface area contributed by atoms with Crippen molar-refractivity contribution < 1.29 is 34.2 Å². The first kappa shape index (κ1) is 28.7. The number of hydrogen-bond acceptors (Lipinski definition) is 8. The van der Waals surface area contributed by atoms with E-state index in [9.17, 15) is 34.2 Å². The topological polar surface area (TPSA) is 214 Å². The molecule has 0 aliphatic rings. The summed E-state index contributed by atoms with van der Waals surface area (Å²) >= 11 is 1.44. The first-order valence-corrected chi connectivity index (χ1v) is 11.8. The number of thioether (sulfide) groups is 1. The van der Waals surface area contributed by atoms with Gasteiger partial charge in [0.05, 0.1) is 12.6 Å². The molecule has 0 bridgehead atoms.